The number of quaternary nitrogens is 1. The summed E-state index contributed by atoms with van der Waals surface area (Å²) in [6.07, 6.45) is 0. The van der Waals surface area contributed by atoms with Gasteiger partial charge in [-0.25, -0.2) is 0 Å². The average molecular weight is 324 g/mol. The zero-order chi connectivity index (χ0) is 14.7. The summed E-state index contributed by atoms with van der Waals surface area (Å²) in [5.41, 5.74) is 0. The van der Waals surface area contributed by atoms with Gasteiger partial charge in [0.05, 0.1) is 21.1 Å². The second kappa shape index (κ2) is 6.18. The number of nitrogens with zero attached hydrogens (tertiary/aromatic N) is 1. The molecule has 19 heavy (non-hydrogen) atoms. The standard InChI is InChI=1S/C11H18NO4PS2/c1-12(2,3)9-11(13,17(14,15)16)19-18-10-7-5-4-6-8-10/h4-8,13H,9H2,1-3H3,(H-,14,15,16)/p+1. The third-order valence-electron chi connectivity index (χ3n) is 2.15. The van der Waals surface area contributed by atoms with E-state index >= 15 is 0 Å². The van der Waals surface area contributed by atoms with Gasteiger partial charge in [-0.05, 0) is 22.9 Å². The summed E-state index contributed by atoms with van der Waals surface area (Å²) in [6.45, 7) is -0.0538. The lowest BCUT2D eigenvalue weighted by atomic mass is 10.4. The number of aliphatic hydroxyl groups is 1. The molecule has 0 radical (unpaired) electrons. The molecule has 0 aliphatic rings. The highest BCUT2D eigenvalue weighted by Crippen LogP contribution is 2.60. The summed E-state index contributed by atoms with van der Waals surface area (Å²) in [7, 11) is 2.64. The van der Waals surface area contributed by atoms with Crippen LogP contribution in [0.4, 0.5) is 0 Å². The topological polar surface area (TPSA) is 77.8 Å². The number of hydrogen-bond acceptors (Lipinski definition) is 4. The summed E-state index contributed by atoms with van der Waals surface area (Å²) in [4.78, 5) is 19.6. The van der Waals surface area contributed by atoms with Crippen LogP contribution in [0.2, 0.25) is 0 Å². The Morgan fingerprint density at radius 2 is 1.74 bits per heavy atom. The number of rotatable bonds is 6. The fourth-order valence-corrected chi connectivity index (χ4v) is 5.70. The van der Waals surface area contributed by atoms with Gasteiger partial charge in [0.2, 0.25) is 0 Å². The molecule has 0 aliphatic heterocycles. The molecule has 0 saturated heterocycles. The highest BCUT2D eigenvalue weighted by molar-refractivity contribution is 8.78. The molecule has 108 valence electrons. The van der Waals surface area contributed by atoms with Gasteiger partial charge in [0, 0.05) is 4.90 Å². The van der Waals surface area contributed by atoms with Gasteiger partial charge >= 0.3 is 7.60 Å². The van der Waals surface area contributed by atoms with Crippen molar-refractivity contribution < 1.29 is 23.9 Å². The SMILES string of the molecule is C[N+](C)(C)CC(O)(SSc1ccccc1)P(=O)(O)O. The van der Waals surface area contributed by atoms with Gasteiger partial charge in [0.15, 0.2) is 0 Å². The van der Waals surface area contributed by atoms with E-state index in [1.54, 1.807) is 21.1 Å². The van der Waals surface area contributed by atoms with Gasteiger partial charge in [-0.3, -0.25) is 4.57 Å². The van der Waals surface area contributed by atoms with Gasteiger partial charge in [-0.1, -0.05) is 29.0 Å². The predicted molar refractivity (Wildman–Crippen MR) is 79.8 cm³/mol. The molecule has 1 atom stereocenters. The van der Waals surface area contributed by atoms with E-state index in [1.165, 1.54) is 0 Å². The van der Waals surface area contributed by atoms with E-state index in [-0.39, 0.29) is 11.0 Å². The Bertz CT molecular complexity index is 460. The van der Waals surface area contributed by atoms with E-state index in [2.05, 4.69) is 0 Å². The van der Waals surface area contributed by atoms with Crippen molar-refractivity contribution in [3.8, 4) is 0 Å². The van der Waals surface area contributed by atoms with Crippen molar-refractivity contribution in [1.82, 2.24) is 0 Å². The van der Waals surface area contributed by atoms with Crippen LogP contribution in [-0.2, 0) is 4.57 Å². The molecule has 0 heterocycles. The smallest absolute Gasteiger partial charge is 0.364 e. The van der Waals surface area contributed by atoms with Crippen molar-refractivity contribution in [2.24, 2.45) is 0 Å². The van der Waals surface area contributed by atoms with Crippen molar-refractivity contribution in [2.45, 2.75) is 9.57 Å². The van der Waals surface area contributed by atoms with E-state index in [1.807, 2.05) is 30.3 Å². The Kier molecular flexibility index (Phi) is 5.54. The molecule has 1 unspecified atom stereocenters. The van der Waals surface area contributed by atoms with Crippen LogP contribution in [-0.4, -0.2) is 51.7 Å². The molecular formula is C11H19NO4PS2+. The third kappa shape index (κ3) is 5.47. The fraction of sp³-hybridized carbons (Fsp3) is 0.455. The first-order valence-corrected chi connectivity index (χ1v) is 9.29. The van der Waals surface area contributed by atoms with Crippen molar-refractivity contribution in [1.29, 1.82) is 0 Å². The zero-order valence-corrected chi connectivity index (χ0v) is 13.6. The lowest BCUT2D eigenvalue weighted by Gasteiger charge is -2.34. The maximum atomic E-state index is 11.6. The molecule has 8 heteroatoms. The Morgan fingerprint density at radius 1 is 1.21 bits per heavy atom. The van der Waals surface area contributed by atoms with Gasteiger partial charge in [-0.15, -0.1) is 0 Å². The zero-order valence-electron chi connectivity index (χ0n) is 11.1. The summed E-state index contributed by atoms with van der Waals surface area (Å²) in [5.74, 6) is 0. The van der Waals surface area contributed by atoms with Crippen molar-refractivity contribution in [3.05, 3.63) is 30.3 Å². The molecule has 0 aromatic heterocycles. The molecule has 0 saturated carbocycles. The summed E-state index contributed by atoms with van der Waals surface area (Å²) < 4.78 is 9.70. The van der Waals surface area contributed by atoms with Crippen molar-refractivity contribution in [2.75, 3.05) is 27.7 Å². The Balaban J connectivity index is 2.85. The first-order chi connectivity index (χ1) is 8.54. The third-order valence-corrected chi connectivity index (χ3v) is 7.16. The van der Waals surface area contributed by atoms with Crippen LogP contribution < -0.4 is 0 Å². The number of benzene rings is 1. The fourth-order valence-electron chi connectivity index (χ4n) is 1.38. The normalized spacial score (nSPS) is 16.1. The van der Waals surface area contributed by atoms with Gasteiger partial charge in [-0.2, -0.15) is 0 Å². The molecule has 0 bridgehead atoms. The van der Waals surface area contributed by atoms with E-state index in [0.29, 0.717) is 0 Å². The van der Waals surface area contributed by atoms with E-state index < -0.39 is 12.3 Å². The van der Waals surface area contributed by atoms with Crippen LogP contribution >= 0.6 is 29.2 Å². The van der Waals surface area contributed by atoms with Crippen LogP contribution in [0.1, 0.15) is 0 Å². The Labute approximate surface area is 121 Å². The van der Waals surface area contributed by atoms with E-state index in [4.69, 9.17) is 0 Å². The van der Waals surface area contributed by atoms with Gasteiger partial charge < -0.3 is 19.4 Å². The summed E-state index contributed by atoms with van der Waals surface area (Å²) in [6, 6.07) is 9.17. The largest absolute Gasteiger partial charge is 0.374 e. The van der Waals surface area contributed by atoms with Crippen molar-refractivity contribution in [3.63, 3.8) is 0 Å². The van der Waals surface area contributed by atoms with Crippen LogP contribution in [0.25, 0.3) is 0 Å². The van der Waals surface area contributed by atoms with Crippen molar-refractivity contribution >= 4 is 29.2 Å². The monoisotopic (exact) mass is 324 g/mol. The highest BCUT2D eigenvalue weighted by Gasteiger charge is 2.50. The van der Waals surface area contributed by atoms with Gasteiger partial charge in [0.1, 0.15) is 6.54 Å². The van der Waals surface area contributed by atoms with E-state index in [9.17, 15) is 19.5 Å². The summed E-state index contributed by atoms with van der Waals surface area (Å²) in [5, 5.41) is 10.3. The lowest BCUT2D eigenvalue weighted by Crippen LogP contribution is -2.47. The summed E-state index contributed by atoms with van der Waals surface area (Å²) >= 11 is 0. The van der Waals surface area contributed by atoms with E-state index in [0.717, 1.165) is 26.5 Å². The maximum Gasteiger partial charge on any atom is 0.374 e. The minimum Gasteiger partial charge on any atom is -0.364 e. The second-order valence-corrected chi connectivity index (χ2v) is 9.83. The molecule has 1 aromatic rings. The molecule has 0 fully saturated rings. The highest BCUT2D eigenvalue weighted by atomic mass is 33.1. The van der Waals surface area contributed by atoms with Crippen LogP contribution in [0, 0.1) is 0 Å². The molecule has 0 amide bonds. The molecule has 1 aromatic carbocycles. The minimum atomic E-state index is -4.64. The van der Waals surface area contributed by atoms with Crippen LogP contribution in [0.3, 0.4) is 0 Å². The first-order valence-electron chi connectivity index (χ1n) is 5.53. The Morgan fingerprint density at radius 3 is 2.16 bits per heavy atom. The average Bonchev–Trinajstić information content (AvgIpc) is 2.24. The first kappa shape index (κ1) is 17.0. The van der Waals surface area contributed by atoms with Crippen LogP contribution in [0.5, 0.6) is 0 Å². The lowest BCUT2D eigenvalue weighted by molar-refractivity contribution is -0.873. The molecule has 3 N–H and O–H groups in total. The molecule has 5 nitrogen and oxygen atoms in total. The van der Waals surface area contributed by atoms with Gasteiger partial charge in [0.25, 0.3) is 4.67 Å². The van der Waals surface area contributed by atoms with Crippen LogP contribution in [0.15, 0.2) is 35.2 Å². The molecule has 1 rings (SSSR count). The maximum absolute atomic E-state index is 11.6. The number of likely N-dealkylation sites (N-methyl/N-ethyl adjacent to an activating group) is 1. The molecule has 0 spiro atoms. The second-order valence-electron chi connectivity index (χ2n) is 5.22. The molecular weight excluding hydrogens is 305 g/mol. The Hall–Kier alpha value is -0.0100. The molecule has 0 aliphatic carbocycles. The quantitative estimate of drug-likeness (QED) is 0.321. The number of hydrogen-bond donors (Lipinski definition) is 3. The minimum absolute atomic E-state index is 0.0538. The predicted octanol–water partition coefficient (Wildman–Crippen LogP) is 1.96.